The quantitative estimate of drug-likeness (QED) is 0.693. The van der Waals surface area contributed by atoms with Gasteiger partial charge in [-0.05, 0) is 80.5 Å². The van der Waals surface area contributed by atoms with E-state index in [1.54, 1.807) is 12.1 Å². The van der Waals surface area contributed by atoms with Gasteiger partial charge in [0.05, 0.1) is 29.7 Å². The number of ether oxygens (including phenoxy) is 1. The lowest BCUT2D eigenvalue weighted by atomic mass is 9.52. The predicted octanol–water partition coefficient (Wildman–Crippen LogP) is 3.43. The normalized spacial score (nSPS) is 29.0. The lowest BCUT2D eigenvalue weighted by molar-refractivity contribution is -0.153. The Labute approximate surface area is 171 Å². The second-order valence-corrected chi connectivity index (χ2v) is 8.86. The van der Waals surface area contributed by atoms with Crippen molar-refractivity contribution in [2.75, 3.05) is 13.2 Å². The van der Waals surface area contributed by atoms with Crippen LogP contribution < -0.4 is 0 Å². The summed E-state index contributed by atoms with van der Waals surface area (Å²) in [5.41, 5.74) is 0.612. The summed E-state index contributed by atoms with van der Waals surface area (Å²) in [4.78, 5) is 27.3. The Kier molecular flexibility index (Phi) is 5.28. The molecule has 0 N–H and O–H groups in total. The van der Waals surface area contributed by atoms with Gasteiger partial charge in [0.2, 0.25) is 0 Å². The predicted molar refractivity (Wildman–Crippen MR) is 104 cm³/mol. The summed E-state index contributed by atoms with van der Waals surface area (Å²) < 4.78 is 5.29. The lowest BCUT2D eigenvalue weighted by Crippen LogP contribution is -2.62. The molecule has 0 radical (unpaired) electrons. The van der Waals surface area contributed by atoms with Crippen LogP contribution in [-0.2, 0) is 9.53 Å². The van der Waals surface area contributed by atoms with E-state index in [-0.39, 0.29) is 24.5 Å². The van der Waals surface area contributed by atoms with E-state index in [0.29, 0.717) is 35.4 Å². The van der Waals surface area contributed by atoms with Gasteiger partial charge < -0.3 is 9.64 Å². The maximum atomic E-state index is 13.1. The van der Waals surface area contributed by atoms with Crippen LogP contribution in [0.3, 0.4) is 0 Å². The molecule has 0 aliphatic heterocycles. The van der Waals surface area contributed by atoms with Gasteiger partial charge in [-0.1, -0.05) is 0 Å². The van der Waals surface area contributed by atoms with Gasteiger partial charge in [0.25, 0.3) is 5.91 Å². The first-order valence-electron chi connectivity index (χ1n) is 10.4. The first-order chi connectivity index (χ1) is 14.0. The van der Waals surface area contributed by atoms with Crippen molar-refractivity contribution in [3.8, 4) is 12.1 Å². The topological polar surface area (TPSA) is 94.2 Å². The molecule has 29 heavy (non-hydrogen) atoms. The third-order valence-electron chi connectivity index (χ3n) is 6.90. The molecule has 150 valence electrons. The van der Waals surface area contributed by atoms with Crippen LogP contribution in [0.15, 0.2) is 24.3 Å². The average molecular weight is 391 g/mol. The van der Waals surface area contributed by atoms with E-state index >= 15 is 0 Å². The van der Waals surface area contributed by atoms with Crippen LogP contribution in [0.4, 0.5) is 0 Å². The fourth-order valence-corrected chi connectivity index (χ4v) is 6.15. The van der Waals surface area contributed by atoms with Gasteiger partial charge >= 0.3 is 5.97 Å². The van der Waals surface area contributed by atoms with Crippen LogP contribution in [0.2, 0.25) is 0 Å². The monoisotopic (exact) mass is 391 g/mol. The SMILES string of the molecule is N#CCCN(C(=O)COC(=O)c1ccc(C#N)cc1)C12CC3CC(CC(C3)C1)C2. The number of carbonyl (C=O) groups excluding carboxylic acids is 2. The molecule has 1 aromatic rings. The molecule has 4 fully saturated rings. The summed E-state index contributed by atoms with van der Waals surface area (Å²) in [6.45, 7) is 0.0852. The number of benzene rings is 1. The molecule has 4 saturated carbocycles. The number of amides is 1. The summed E-state index contributed by atoms with van der Waals surface area (Å²) in [5, 5.41) is 17.9. The van der Waals surface area contributed by atoms with Gasteiger partial charge in [-0.25, -0.2) is 4.79 Å². The standard InChI is InChI=1S/C23H25N3O3/c24-6-1-7-26(23-11-17-8-18(12-23)10-19(9-17)13-23)21(27)15-29-22(28)20-4-2-16(14-25)3-5-20/h2-5,17-19H,1,7-13,15H2. The minimum absolute atomic E-state index is 0.163. The van der Waals surface area contributed by atoms with Crippen molar-refractivity contribution in [1.82, 2.24) is 4.90 Å². The van der Waals surface area contributed by atoms with Crippen LogP contribution in [0.5, 0.6) is 0 Å². The molecule has 6 heteroatoms. The molecule has 0 atom stereocenters. The maximum Gasteiger partial charge on any atom is 0.338 e. The highest BCUT2D eigenvalue weighted by Crippen LogP contribution is 2.57. The molecule has 6 nitrogen and oxygen atoms in total. The Morgan fingerprint density at radius 2 is 1.62 bits per heavy atom. The van der Waals surface area contributed by atoms with E-state index in [0.717, 1.165) is 19.3 Å². The number of hydrogen-bond acceptors (Lipinski definition) is 5. The molecule has 1 aromatic carbocycles. The minimum atomic E-state index is -0.575. The van der Waals surface area contributed by atoms with Crippen molar-refractivity contribution in [3.05, 3.63) is 35.4 Å². The maximum absolute atomic E-state index is 13.1. The highest BCUT2D eigenvalue weighted by Gasteiger charge is 2.54. The van der Waals surface area contributed by atoms with Crippen LogP contribution in [-0.4, -0.2) is 35.5 Å². The second-order valence-electron chi connectivity index (χ2n) is 8.86. The molecule has 0 aromatic heterocycles. The molecule has 5 rings (SSSR count). The molecular formula is C23H25N3O3. The summed E-state index contributed by atoms with van der Waals surface area (Å²) in [6, 6.07) is 10.3. The molecule has 4 bridgehead atoms. The number of rotatable bonds is 6. The van der Waals surface area contributed by atoms with Crippen molar-refractivity contribution < 1.29 is 14.3 Å². The number of esters is 1. The zero-order chi connectivity index (χ0) is 20.4. The Hall–Kier alpha value is -2.86. The number of carbonyl (C=O) groups is 2. The number of nitrogens with zero attached hydrogens (tertiary/aromatic N) is 3. The molecule has 0 heterocycles. The third-order valence-corrected chi connectivity index (χ3v) is 6.90. The smallest absolute Gasteiger partial charge is 0.338 e. The first-order valence-corrected chi connectivity index (χ1v) is 10.4. The van der Waals surface area contributed by atoms with Crippen LogP contribution in [0, 0.1) is 40.4 Å². The van der Waals surface area contributed by atoms with E-state index in [4.69, 9.17) is 15.3 Å². The zero-order valence-electron chi connectivity index (χ0n) is 16.5. The third kappa shape index (κ3) is 3.85. The lowest BCUT2D eigenvalue weighted by Gasteiger charge is -2.60. The van der Waals surface area contributed by atoms with E-state index in [9.17, 15) is 9.59 Å². The summed E-state index contributed by atoms with van der Waals surface area (Å²) >= 11 is 0. The van der Waals surface area contributed by atoms with Gasteiger partial charge in [-0.3, -0.25) is 4.79 Å². The van der Waals surface area contributed by atoms with Crippen molar-refractivity contribution in [3.63, 3.8) is 0 Å². The van der Waals surface area contributed by atoms with E-state index in [2.05, 4.69) is 6.07 Å². The van der Waals surface area contributed by atoms with Gasteiger partial charge in [-0.15, -0.1) is 0 Å². The van der Waals surface area contributed by atoms with Crippen molar-refractivity contribution in [2.24, 2.45) is 17.8 Å². The van der Waals surface area contributed by atoms with Crippen molar-refractivity contribution in [1.29, 1.82) is 10.5 Å². The molecular weight excluding hydrogens is 366 g/mol. The Balaban J connectivity index is 1.44. The molecule has 4 aliphatic rings. The summed E-state index contributed by atoms with van der Waals surface area (Å²) in [7, 11) is 0. The average Bonchev–Trinajstić information content (AvgIpc) is 2.71. The van der Waals surface area contributed by atoms with Crippen LogP contribution in [0.25, 0.3) is 0 Å². The van der Waals surface area contributed by atoms with Gasteiger partial charge in [-0.2, -0.15) is 10.5 Å². The van der Waals surface area contributed by atoms with Gasteiger partial charge in [0.1, 0.15) is 0 Å². The van der Waals surface area contributed by atoms with Gasteiger partial charge in [0.15, 0.2) is 6.61 Å². The van der Waals surface area contributed by atoms with Crippen molar-refractivity contribution in [2.45, 2.75) is 50.5 Å². The number of hydrogen-bond donors (Lipinski definition) is 0. The van der Waals surface area contributed by atoms with E-state index in [1.165, 1.54) is 31.4 Å². The highest BCUT2D eigenvalue weighted by atomic mass is 16.5. The fourth-order valence-electron chi connectivity index (χ4n) is 6.15. The molecule has 0 unspecified atom stereocenters. The summed E-state index contributed by atoms with van der Waals surface area (Å²) in [5.74, 6) is 1.26. The molecule has 4 aliphatic carbocycles. The van der Waals surface area contributed by atoms with Crippen molar-refractivity contribution >= 4 is 11.9 Å². The van der Waals surface area contributed by atoms with Gasteiger partial charge in [0, 0.05) is 12.1 Å². The first kappa shape index (κ1) is 19.5. The Morgan fingerprint density at radius 3 is 2.14 bits per heavy atom. The highest BCUT2D eigenvalue weighted by molar-refractivity contribution is 5.91. The molecule has 0 saturated heterocycles. The number of nitriles is 2. The van der Waals surface area contributed by atoms with Crippen LogP contribution >= 0.6 is 0 Å². The zero-order valence-corrected chi connectivity index (χ0v) is 16.5. The molecule has 0 spiro atoms. The fraction of sp³-hybridized carbons (Fsp3) is 0.565. The largest absolute Gasteiger partial charge is 0.452 e. The van der Waals surface area contributed by atoms with E-state index < -0.39 is 5.97 Å². The molecule has 1 amide bonds. The Morgan fingerprint density at radius 1 is 1.03 bits per heavy atom. The summed E-state index contributed by atoms with van der Waals surface area (Å²) in [6.07, 6.45) is 7.14. The minimum Gasteiger partial charge on any atom is -0.452 e. The van der Waals surface area contributed by atoms with E-state index in [1.807, 2.05) is 11.0 Å². The Bertz CT molecular complexity index is 843. The van der Waals surface area contributed by atoms with Crippen LogP contribution in [0.1, 0.15) is 60.9 Å². The second kappa shape index (κ2) is 7.87.